The van der Waals surface area contributed by atoms with E-state index < -0.39 is 10.0 Å². The van der Waals surface area contributed by atoms with Crippen LogP contribution < -0.4 is 10.6 Å². The molecule has 0 unspecified atom stereocenters. The van der Waals surface area contributed by atoms with Crippen molar-refractivity contribution < 1.29 is 18.0 Å². The summed E-state index contributed by atoms with van der Waals surface area (Å²) >= 11 is 0. The van der Waals surface area contributed by atoms with E-state index in [-0.39, 0.29) is 29.2 Å². The van der Waals surface area contributed by atoms with Gasteiger partial charge in [0, 0.05) is 37.3 Å². The van der Waals surface area contributed by atoms with Gasteiger partial charge in [0.15, 0.2) is 0 Å². The van der Waals surface area contributed by atoms with Crippen molar-refractivity contribution in [3.8, 4) is 0 Å². The van der Waals surface area contributed by atoms with Gasteiger partial charge >= 0.3 is 0 Å². The summed E-state index contributed by atoms with van der Waals surface area (Å²) < 4.78 is 27.0. The van der Waals surface area contributed by atoms with Crippen molar-refractivity contribution in [2.75, 3.05) is 18.4 Å². The molecule has 32 heavy (non-hydrogen) atoms. The Bertz CT molecular complexity index is 1060. The Balaban J connectivity index is 2.14. The summed E-state index contributed by atoms with van der Waals surface area (Å²) in [5.41, 5.74) is 2.51. The second-order valence-corrected chi connectivity index (χ2v) is 10.0. The smallest absolute Gasteiger partial charge is 0.251 e. The fourth-order valence-corrected chi connectivity index (χ4v) is 4.82. The Morgan fingerprint density at radius 2 is 1.72 bits per heavy atom. The molecule has 0 saturated carbocycles. The lowest BCUT2D eigenvalue weighted by Gasteiger charge is -2.19. The Labute approximate surface area is 191 Å². The maximum Gasteiger partial charge on any atom is 0.251 e. The molecule has 174 valence electrons. The first-order valence-electron chi connectivity index (χ1n) is 10.9. The number of hydrogen-bond acceptors (Lipinski definition) is 4. The molecule has 0 radical (unpaired) electrons. The molecule has 0 heterocycles. The van der Waals surface area contributed by atoms with Crippen molar-refractivity contribution in [3.05, 3.63) is 59.2 Å². The molecule has 0 atom stereocenters. The van der Waals surface area contributed by atoms with E-state index in [2.05, 4.69) is 10.6 Å². The van der Waals surface area contributed by atoms with Crippen LogP contribution in [0.4, 0.5) is 5.69 Å². The average Bonchev–Trinajstić information content (AvgIpc) is 2.72. The zero-order chi connectivity index (χ0) is 23.9. The number of benzene rings is 2. The standard InChI is InChI=1S/C24H33N3O4S/c1-6-27(7-2)32(30,31)21-12-11-18(5)22(15-21)24(29)25-16-19-9-8-10-20(14-19)26-23(28)13-17(3)4/h8-12,14-15,17H,6-7,13,16H2,1-5H3,(H,25,29)(H,26,28). The first-order valence-corrected chi connectivity index (χ1v) is 12.3. The Morgan fingerprint density at radius 1 is 1.03 bits per heavy atom. The van der Waals surface area contributed by atoms with Crippen LogP contribution in [0.2, 0.25) is 0 Å². The van der Waals surface area contributed by atoms with Gasteiger partial charge in [-0.05, 0) is 48.2 Å². The fraction of sp³-hybridized carbons (Fsp3) is 0.417. The molecule has 0 aliphatic heterocycles. The summed E-state index contributed by atoms with van der Waals surface area (Å²) in [4.78, 5) is 24.9. The normalized spacial score (nSPS) is 11.6. The Kier molecular flexibility index (Phi) is 8.98. The number of anilines is 1. The number of nitrogens with zero attached hydrogens (tertiary/aromatic N) is 1. The third kappa shape index (κ3) is 6.64. The van der Waals surface area contributed by atoms with Gasteiger partial charge in [-0.2, -0.15) is 4.31 Å². The van der Waals surface area contributed by atoms with Gasteiger partial charge < -0.3 is 10.6 Å². The van der Waals surface area contributed by atoms with E-state index in [1.807, 2.05) is 32.0 Å². The van der Waals surface area contributed by atoms with Crippen LogP contribution in [0.15, 0.2) is 47.4 Å². The highest BCUT2D eigenvalue weighted by Crippen LogP contribution is 2.20. The van der Waals surface area contributed by atoms with Crippen LogP contribution in [0.1, 0.15) is 55.6 Å². The zero-order valence-electron chi connectivity index (χ0n) is 19.4. The van der Waals surface area contributed by atoms with Crippen molar-refractivity contribution in [3.63, 3.8) is 0 Å². The monoisotopic (exact) mass is 459 g/mol. The molecular weight excluding hydrogens is 426 g/mol. The van der Waals surface area contributed by atoms with E-state index in [4.69, 9.17) is 0 Å². The summed E-state index contributed by atoms with van der Waals surface area (Å²) in [5.74, 6) is -0.140. The van der Waals surface area contributed by atoms with Crippen molar-refractivity contribution in [2.24, 2.45) is 5.92 Å². The van der Waals surface area contributed by atoms with E-state index in [9.17, 15) is 18.0 Å². The topological polar surface area (TPSA) is 95.6 Å². The highest BCUT2D eigenvalue weighted by atomic mass is 32.2. The Morgan fingerprint density at radius 3 is 2.34 bits per heavy atom. The number of rotatable bonds is 10. The van der Waals surface area contributed by atoms with Crippen LogP contribution in [0.3, 0.4) is 0 Å². The molecule has 2 rings (SSSR count). The highest BCUT2D eigenvalue weighted by Gasteiger charge is 2.23. The quantitative estimate of drug-likeness (QED) is 0.563. The molecule has 2 aromatic rings. The number of amides is 2. The van der Waals surface area contributed by atoms with Gasteiger partial charge in [0.2, 0.25) is 15.9 Å². The lowest BCUT2D eigenvalue weighted by Crippen LogP contribution is -2.31. The summed E-state index contributed by atoms with van der Waals surface area (Å²) in [6, 6.07) is 11.9. The predicted molar refractivity (Wildman–Crippen MR) is 127 cm³/mol. The first kappa shape index (κ1) is 25.5. The zero-order valence-corrected chi connectivity index (χ0v) is 20.3. The van der Waals surface area contributed by atoms with E-state index in [1.165, 1.54) is 16.4 Å². The number of hydrogen-bond donors (Lipinski definition) is 2. The minimum Gasteiger partial charge on any atom is -0.348 e. The lowest BCUT2D eigenvalue weighted by atomic mass is 10.1. The molecule has 0 aliphatic rings. The fourth-order valence-electron chi connectivity index (χ4n) is 3.34. The summed E-state index contributed by atoms with van der Waals surface area (Å²) in [7, 11) is -3.65. The predicted octanol–water partition coefficient (Wildman–Crippen LogP) is 3.94. The van der Waals surface area contributed by atoms with Crippen LogP contribution in [0, 0.1) is 12.8 Å². The third-order valence-electron chi connectivity index (χ3n) is 5.05. The van der Waals surface area contributed by atoms with Crippen molar-refractivity contribution in [1.29, 1.82) is 0 Å². The van der Waals surface area contributed by atoms with Gasteiger partial charge in [-0.3, -0.25) is 9.59 Å². The van der Waals surface area contributed by atoms with E-state index in [1.54, 1.807) is 32.9 Å². The number of carbonyl (C=O) groups excluding carboxylic acids is 2. The first-order chi connectivity index (χ1) is 15.1. The van der Waals surface area contributed by atoms with Crippen LogP contribution in [0.5, 0.6) is 0 Å². The molecule has 2 N–H and O–H groups in total. The van der Waals surface area contributed by atoms with Gasteiger partial charge in [-0.25, -0.2) is 8.42 Å². The van der Waals surface area contributed by atoms with Gasteiger partial charge in [0.25, 0.3) is 5.91 Å². The molecule has 2 aromatic carbocycles. The summed E-state index contributed by atoms with van der Waals surface area (Å²) in [6.45, 7) is 10.3. The number of sulfonamides is 1. The van der Waals surface area contributed by atoms with Crippen LogP contribution in [0.25, 0.3) is 0 Å². The maximum absolute atomic E-state index is 12.8. The van der Waals surface area contributed by atoms with E-state index in [0.29, 0.717) is 36.3 Å². The highest BCUT2D eigenvalue weighted by molar-refractivity contribution is 7.89. The number of aryl methyl sites for hydroxylation is 1. The van der Waals surface area contributed by atoms with Gasteiger partial charge in [0.05, 0.1) is 4.90 Å². The molecule has 0 fully saturated rings. The lowest BCUT2D eigenvalue weighted by molar-refractivity contribution is -0.116. The molecule has 0 aliphatic carbocycles. The minimum absolute atomic E-state index is 0.0527. The second-order valence-electron chi connectivity index (χ2n) is 8.10. The van der Waals surface area contributed by atoms with Crippen LogP contribution in [-0.2, 0) is 21.4 Å². The summed E-state index contributed by atoms with van der Waals surface area (Å²) in [5, 5.41) is 5.71. The van der Waals surface area contributed by atoms with Crippen LogP contribution >= 0.6 is 0 Å². The molecule has 0 spiro atoms. The van der Waals surface area contributed by atoms with E-state index in [0.717, 1.165) is 5.56 Å². The SMILES string of the molecule is CCN(CC)S(=O)(=O)c1ccc(C)c(C(=O)NCc2cccc(NC(=O)CC(C)C)c2)c1. The third-order valence-corrected chi connectivity index (χ3v) is 7.10. The van der Waals surface area contributed by atoms with Gasteiger partial charge in [0.1, 0.15) is 0 Å². The molecular formula is C24H33N3O4S. The minimum atomic E-state index is -3.65. The largest absolute Gasteiger partial charge is 0.348 e. The van der Waals surface area contributed by atoms with Crippen LogP contribution in [-0.4, -0.2) is 37.6 Å². The molecule has 0 bridgehead atoms. The average molecular weight is 460 g/mol. The molecule has 8 heteroatoms. The van der Waals surface area contributed by atoms with Crippen molar-refractivity contribution in [2.45, 2.75) is 52.5 Å². The Hall–Kier alpha value is -2.71. The van der Waals surface area contributed by atoms with Gasteiger partial charge in [-0.1, -0.05) is 45.9 Å². The molecule has 7 nitrogen and oxygen atoms in total. The molecule has 0 aromatic heterocycles. The maximum atomic E-state index is 12.8. The number of carbonyl (C=O) groups is 2. The van der Waals surface area contributed by atoms with Crippen molar-refractivity contribution >= 4 is 27.5 Å². The molecule has 0 saturated heterocycles. The second kappa shape index (κ2) is 11.2. The van der Waals surface area contributed by atoms with Gasteiger partial charge in [-0.15, -0.1) is 0 Å². The van der Waals surface area contributed by atoms with Crippen molar-refractivity contribution in [1.82, 2.24) is 9.62 Å². The molecule has 2 amide bonds. The van der Waals surface area contributed by atoms with E-state index >= 15 is 0 Å². The summed E-state index contributed by atoms with van der Waals surface area (Å²) in [6.07, 6.45) is 0.437. The number of nitrogens with one attached hydrogen (secondary N) is 2.